The molecule has 0 saturated heterocycles. The number of sulfonamides is 1. The molecule has 0 aliphatic rings. The van der Waals surface area contributed by atoms with Crippen molar-refractivity contribution in [2.45, 2.75) is 10.6 Å². The topological polar surface area (TPSA) is 71.1 Å². The maximum Gasteiger partial charge on any atom is 0.250 e. The molecular weight excluding hydrogens is 418 g/mol. The van der Waals surface area contributed by atoms with Gasteiger partial charge in [0.05, 0.1) is 4.70 Å². The van der Waals surface area contributed by atoms with Gasteiger partial charge < -0.3 is 5.32 Å². The highest BCUT2D eigenvalue weighted by atomic mass is 79.9. The molecule has 3 rings (SSSR count). The first-order valence-corrected chi connectivity index (χ1v) is 10.8. The Morgan fingerprint density at radius 2 is 2.04 bits per heavy atom. The van der Waals surface area contributed by atoms with Gasteiger partial charge in [-0.2, -0.15) is 4.37 Å². The minimum atomic E-state index is -3.41. The highest BCUT2D eigenvalue weighted by molar-refractivity contribution is 9.10. The lowest BCUT2D eigenvalue weighted by atomic mass is 10.2. The molecule has 122 valence electrons. The minimum absolute atomic E-state index is 0.322. The van der Waals surface area contributed by atoms with Crippen LogP contribution in [-0.2, 0) is 10.0 Å². The summed E-state index contributed by atoms with van der Waals surface area (Å²) in [7, 11) is -3.41. The third-order valence-corrected chi connectivity index (χ3v) is 7.61. The summed E-state index contributed by atoms with van der Waals surface area (Å²) in [5, 5.41) is 6.11. The average Bonchev–Trinajstić information content (AvgIpc) is 3.14. The number of benzene rings is 1. The number of rotatable bonds is 7. The van der Waals surface area contributed by atoms with Crippen molar-refractivity contribution in [3.05, 3.63) is 40.2 Å². The number of hydrogen-bond donors (Lipinski definition) is 2. The fourth-order valence-electron chi connectivity index (χ4n) is 2.02. The van der Waals surface area contributed by atoms with Gasteiger partial charge >= 0.3 is 0 Å². The summed E-state index contributed by atoms with van der Waals surface area (Å²) in [5.74, 6) is 0.857. The molecule has 0 spiro atoms. The van der Waals surface area contributed by atoms with Crippen molar-refractivity contribution in [2.24, 2.45) is 0 Å². The van der Waals surface area contributed by atoms with E-state index in [1.165, 1.54) is 22.9 Å². The molecule has 2 N–H and O–H groups in total. The molecular formula is C14H14BrN3O2S3. The number of anilines is 1. The van der Waals surface area contributed by atoms with Gasteiger partial charge in [-0.3, -0.25) is 0 Å². The Morgan fingerprint density at radius 3 is 2.83 bits per heavy atom. The minimum Gasteiger partial charge on any atom is -0.369 e. The highest BCUT2D eigenvalue weighted by Crippen LogP contribution is 2.26. The standard InChI is InChI=1S/C14H14BrN3O2S3/c15-10-8-13(21-9-10)23(19,20)17-7-3-6-16-14-11-4-1-2-5-12(11)22-18-14/h1-2,4-5,8-9,17H,3,6-7H2,(H,16,18). The molecule has 5 nitrogen and oxygen atoms in total. The van der Waals surface area contributed by atoms with Gasteiger partial charge in [0.15, 0.2) is 0 Å². The number of halogens is 1. The Morgan fingerprint density at radius 1 is 1.22 bits per heavy atom. The smallest absolute Gasteiger partial charge is 0.250 e. The van der Waals surface area contributed by atoms with Crippen LogP contribution in [0.2, 0.25) is 0 Å². The van der Waals surface area contributed by atoms with Gasteiger partial charge in [0, 0.05) is 28.3 Å². The second kappa shape index (κ2) is 7.27. The highest BCUT2D eigenvalue weighted by Gasteiger charge is 2.15. The number of nitrogens with one attached hydrogen (secondary N) is 2. The van der Waals surface area contributed by atoms with Crippen molar-refractivity contribution in [1.82, 2.24) is 9.10 Å². The molecule has 0 aliphatic heterocycles. The van der Waals surface area contributed by atoms with E-state index in [1.54, 1.807) is 11.4 Å². The third kappa shape index (κ3) is 4.10. The second-order valence-electron chi connectivity index (χ2n) is 4.79. The summed E-state index contributed by atoms with van der Waals surface area (Å²) in [4.78, 5) is 0. The zero-order valence-corrected chi connectivity index (χ0v) is 16.0. The van der Waals surface area contributed by atoms with Crippen molar-refractivity contribution < 1.29 is 8.42 Å². The zero-order chi connectivity index (χ0) is 16.3. The SMILES string of the molecule is O=S(=O)(NCCCNc1nsc2ccccc12)c1cc(Br)cs1. The lowest BCUT2D eigenvalue weighted by Gasteiger charge is -2.06. The molecule has 2 heterocycles. The third-order valence-electron chi connectivity index (χ3n) is 3.12. The predicted molar refractivity (Wildman–Crippen MR) is 99.9 cm³/mol. The first-order chi connectivity index (χ1) is 11.1. The van der Waals surface area contributed by atoms with Gasteiger partial charge in [0.25, 0.3) is 0 Å². The summed E-state index contributed by atoms with van der Waals surface area (Å²) in [6.45, 7) is 1.04. The maximum absolute atomic E-state index is 12.1. The molecule has 3 aromatic rings. The molecule has 0 aliphatic carbocycles. The molecule has 0 unspecified atom stereocenters. The van der Waals surface area contributed by atoms with E-state index >= 15 is 0 Å². The summed E-state index contributed by atoms with van der Waals surface area (Å²) >= 11 is 5.91. The molecule has 1 aromatic carbocycles. The quantitative estimate of drug-likeness (QED) is 0.556. The first-order valence-electron chi connectivity index (χ1n) is 6.88. The summed E-state index contributed by atoms with van der Waals surface area (Å²) in [6.07, 6.45) is 0.678. The Kier molecular flexibility index (Phi) is 5.32. The van der Waals surface area contributed by atoms with Crippen LogP contribution in [0.25, 0.3) is 10.1 Å². The molecule has 0 bridgehead atoms. The van der Waals surface area contributed by atoms with Crippen molar-refractivity contribution in [2.75, 3.05) is 18.4 Å². The lowest BCUT2D eigenvalue weighted by Crippen LogP contribution is -2.25. The van der Waals surface area contributed by atoms with Gasteiger partial charge in [-0.15, -0.1) is 11.3 Å². The number of nitrogens with zero attached hydrogens (tertiary/aromatic N) is 1. The number of hydrogen-bond acceptors (Lipinski definition) is 6. The number of aromatic nitrogens is 1. The van der Waals surface area contributed by atoms with Crippen molar-refractivity contribution in [3.63, 3.8) is 0 Å². The number of thiophene rings is 1. The van der Waals surface area contributed by atoms with E-state index in [0.717, 1.165) is 20.4 Å². The first kappa shape index (κ1) is 16.8. The normalized spacial score (nSPS) is 11.9. The van der Waals surface area contributed by atoms with Crippen LogP contribution in [0, 0.1) is 0 Å². The van der Waals surface area contributed by atoms with E-state index in [0.29, 0.717) is 23.7 Å². The molecule has 0 fully saturated rings. The van der Waals surface area contributed by atoms with E-state index in [9.17, 15) is 8.42 Å². The van der Waals surface area contributed by atoms with Crippen LogP contribution in [0.4, 0.5) is 5.82 Å². The van der Waals surface area contributed by atoms with E-state index < -0.39 is 10.0 Å². The average molecular weight is 432 g/mol. The van der Waals surface area contributed by atoms with Crippen molar-refractivity contribution >= 4 is 64.7 Å². The predicted octanol–water partition coefficient (Wildman–Crippen LogP) is 3.90. The van der Waals surface area contributed by atoms with Crippen LogP contribution in [0.1, 0.15) is 6.42 Å². The molecule has 0 radical (unpaired) electrons. The van der Waals surface area contributed by atoms with Crippen LogP contribution >= 0.6 is 38.8 Å². The maximum atomic E-state index is 12.1. The molecule has 0 atom stereocenters. The molecule has 0 amide bonds. The number of fused-ring (bicyclic) bond motifs is 1. The summed E-state index contributed by atoms with van der Waals surface area (Å²) in [5.41, 5.74) is 0. The van der Waals surface area contributed by atoms with E-state index in [-0.39, 0.29) is 0 Å². The van der Waals surface area contributed by atoms with Crippen LogP contribution < -0.4 is 10.0 Å². The van der Waals surface area contributed by atoms with E-state index in [2.05, 4.69) is 30.3 Å². The molecule has 9 heteroatoms. The van der Waals surface area contributed by atoms with Crippen LogP contribution in [0.15, 0.2) is 44.4 Å². The second-order valence-corrected chi connectivity index (χ2v) is 9.42. The molecule has 2 aromatic heterocycles. The fourth-order valence-corrected chi connectivity index (χ4v) is 5.75. The zero-order valence-electron chi connectivity index (χ0n) is 12.0. The Hall–Kier alpha value is -1.000. The lowest BCUT2D eigenvalue weighted by molar-refractivity contribution is 0.582. The van der Waals surface area contributed by atoms with Crippen LogP contribution in [0.5, 0.6) is 0 Å². The summed E-state index contributed by atoms with van der Waals surface area (Å²) < 4.78 is 33.3. The Bertz CT molecular complexity index is 905. The van der Waals surface area contributed by atoms with Gasteiger partial charge in [-0.25, -0.2) is 13.1 Å². The van der Waals surface area contributed by atoms with Gasteiger partial charge in [-0.05, 0) is 52.1 Å². The monoisotopic (exact) mass is 431 g/mol. The van der Waals surface area contributed by atoms with Crippen LogP contribution in [-0.4, -0.2) is 25.9 Å². The van der Waals surface area contributed by atoms with E-state index in [1.807, 2.05) is 24.3 Å². The van der Waals surface area contributed by atoms with Gasteiger partial charge in [-0.1, -0.05) is 12.1 Å². The van der Waals surface area contributed by atoms with Gasteiger partial charge in [0.2, 0.25) is 10.0 Å². The van der Waals surface area contributed by atoms with Gasteiger partial charge in [0.1, 0.15) is 10.0 Å². The largest absolute Gasteiger partial charge is 0.369 e. The molecule has 0 saturated carbocycles. The van der Waals surface area contributed by atoms with Crippen molar-refractivity contribution in [3.8, 4) is 0 Å². The summed E-state index contributed by atoms with van der Waals surface area (Å²) in [6, 6.07) is 9.63. The Labute approximate surface area is 151 Å². The van der Waals surface area contributed by atoms with Crippen molar-refractivity contribution in [1.29, 1.82) is 0 Å². The molecule has 23 heavy (non-hydrogen) atoms. The van der Waals surface area contributed by atoms with Crippen LogP contribution in [0.3, 0.4) is 0 Å². The fraction of sp³-hybridized carbons (Fsp3) is 0.214. The van der Waals surface area contributed by atoms with E-state index in [4.69, 9.17) is 0 Å². The Balaban J connectivity index is 1.49.